The smallest absolute Gasteiger partial charge is 0.377 e. The zero-order valence-corrected chi connectivity index (χ0v) is 11.8. The van der Waals surface area contributed by atoms with Gasteiger partial charge in [0.05, 0.1) is 0 Å². The lowest BCUT2D eigenvalue weighted by atomic mass is 10.3. The molecule has 1 unspecified atom stereocenters. The van der Waals surface area contributed by atoms with E-state index in [9.17, 15) is 0 Å². The quantitative estimate of drug-likeness (QED) is 0.453. The van der Waals surface area contributed by atoms with Gasteiger partial charge < -0.3 is 13.3 Å². The van der Waals surface area contributed by atoms with Crippen LogP contribution in [0.3, 0.4) is 0 Å². The summed E-state index contributed by atoms with van der Waals surface area (Å²) < 4.78 is 16.9. The van der Waals surface area contributed by atoms with Crippen LogP contribution in [0.15, 0.2) is 0 Å². The Hall–Kier alpha value is 0.0969. The average molecular weight is 234 g/mol. The molecule has 0 aliphatic rings. The molecule has 0 aromatic carbocycles. The van der Waals surface area contributed by atoms with Crippen molar-refractivity contribution in [2.24, 2.45) is 0 Å². The second-order valence-electron chi connectivity index (χ2n) is 3.88. The highest BCUT2D eigenvalue weighted by molar-refractivity contribution is 6.62. The Morgan fingerprint density at radius 1 is 1.07 bits per heavy atom. The fourth-order valence-corrected chi connectivity index (χ4v) is 3.98. The summed E-state index contributed by atoms with van der Waals surface area (Å²) in [4.78, 5) is 0. The highest BCUT2D eigenvalue weighted by Gasteiger charge is 2.44. The highest BCUT2D eigenvalue weighted by atomic mass is 28.4. The molecule has 0 amide bonds. The Balaban J connectivity index is 4.12. The second kappa shape index (κ2) is 8.27. The summed E-state index contributed by atoms with van der Waals surface area (Å²) in [5, 5.41) is 0. The van der Waals surface area contributed by atoms with E-state index >= 15 is 0 Å². The van der Waals surface area contributed by atoms with Crippen molar-refractivity contribution in [1.29, 1.82) is 0 Å². The third-order valence-corrected chi connectivity index (χ3v) is 6.20. The Morgan fingerprint density at radius 2 is 1.67 bits per heavy atom. The predicted molar refractivity (Wildman–Crippen MR) is 65.0 cm³/mol. The number of hydrogen-bond acceptors (Lipinski definition) is 3. The lowest BCUT2D eigenvalue weighted by Gasteiger charge is -2.31. The van der Waals surface area contributed by atoms with Crippen molar-refractivity contribution in [1.82, 2.24) is 0 Å². The van der Waals surface area contributed by atoms with E-state index in [0.29, 0.717) is 5.54 Å². The van der Waals surface area contributed by atoms with Crippen LogP contribution >= 0.6 is 0 Å². The predicted octanol–water partition coefficient (Wildman–Crippen LogP) is 3.23. The van der Waals surface area contributed by atoms with Gasteiger partial charge in [-0.2, -0.15) is 0 Å². The van der Waals surface area contributed by atoms with Crippen LogP contribution in [0.5, 0.6) is 0 Å². The summed E-state index contributed by atoms with van der Waals surface area (Å²) in [5.41, 5.74) is 0.370. The maximum atomic E-state index is 5.88. The summed E-state index contributed by atoms with van der Waals surface area (Å²) in [6, 6.07) is 0. The third kappa shape index (κ3) is 4.63. The van der Waals surface area contributed by atoms with E-state index < -0.39 is 8.80 Å². The molecule has 0 spiro atoms. The van der Waals surface area contributed by atoms with Crippen LogP contribution in [0.25, 0.3) is 0 Å². The van der Waals surface area contributed by atoms with E-state index in [-0.39, 0.29) is 0 Å². The molecule has 0 saturated carbocycles. The minimum absolute atomic E-state index is 0.370. The Labute approximate surface area is 95.5 Å². The first kappa shape index (κ1) is 15.1. The van der Waals surface area contributed by atoms with Crippen molar-refractivity contribution in [3.05, 3.63) is 0 Å². The van der Waals surface area contributed by atoms with Gasteiger partial charge in [-0.1, -0.05) is 33.6 Å². The minimum atomic E-state index is -2.40. The van der Waals surface area contributed by atoms with Crippen LogP contribution in [0, 0.1) is 0 Å². The molecule has 0 saturated heterocycles. The van der Waals surface area contributed by atoms with Crippen molar-refractivity contribution in [3.8, 4) is 0 Å². The van der Waals surface area contributed by atoms with Crippen LogP contribution in [0.1, 0.15) is 46.5 Å². The van der Waals surface area contributed by atoms with Gasteiger partial charge in [0, 0.05) is 26.4 Å². The molecule has 0 fully saturated rings. The lowest BCUT2D eigenvalue weighted by Crippen LogP contribution is -2.47. The number of hydrogen-bond donors (Lipinski definition) is 0. The lowest BCUT2D eigenvalue weighted by molar-refractivity contribution is 0.0865. The molecule has 3 nitrogen and oxygen atoms in total. The largest absolute Gasteiger partial charge is 0.503 e. The standard InChI is InChI=1S/C11H26O3Si/c1-6-8-9-10-14-15(12-4,13-5)11(3)7-2/h11H,6-10H2,1-5H3. The summed E-state index contributed by atoms with van der Waals surface area (Å²) in [7, 11) is 0.995. The van der Waals surface area contributed by atoms with Crippen LogP contribution in [0.4, 0.5) is 0 Å². The van der Waals surface area contributed by atoms with Gasteiger partial charge in [0.25, 0.3) is 0 Å². The van der Waals surface area contributed by atoms with Crippen molar-refractivity contribution in [2.45, 2.75) is 52.0 Å². The molecule has 0 rings (SSSR count). The van der Waals surface area contributed by atoms with Crippen LogP contribution in [-0.2, 0) is 13.3 Å². The summed E-state index contributed by atoms with van der Waals surface area (Å²) in [5.74, 6) is 0. The molecule has 0 N–H and O–H groups in total. The summed E-state index contributed by atoms with van der Waals surface area (Å²) in [6.45, 7) is 7.22. The first-order valence-corrected chi connectivity index (χ1v) is 7.71. The van der Waals surface area contributed by atoms with Crippen molar-refractivity contribution in [3.63, 3.8) is 0 Å². The van der Waals surface area contributed by atoms with Gasteiger partial charge in [-0.05, 0) is 12.8 Å². The zero-order valence-electron chi connectivity index (χ0n) is 10.8. The molecule has 0 aromatic heterocycles. The van der Waals surface area contributed by atoms with E-state index in [4.69, 9.17) is 13.3 Å². The SMILES string of the molecule is CCCCCO[Si](OC)(OC)C(C)CC. The zero-order chi connectivity index (χ0) is 11.7. The van der Waals surface area contributed by atoms with Gasteiger partial charge in [-0.25, -0.2) is 0 Å². The molecule has 92 valence electrons. The van der Waals surface area contributed by atoms with Gasteiger partial charge in [0.1, 0.15) is 0 Å². The van der Waals surface area contributed by atoms with E-state index in [1.54, 1.807) is 14.2 Å². The number of rotatable bonds is 9. The van der Waals surface area contributed by atoms with Gasteiger partial charge in [0.15, 0.2) is 0 Å². The molecule has 1 atom stereocenters. The normalized spacial score (nSPS) is 14.2. The molecule has 4 heteroatoms. The van der Waals surface area contributed by atoms with Crippen molar-refractivity contribution in [2.75, 3.05) is 20.8 Å². The molecule has 0 bridgehead atoms. The number of unbranched alkanes of at least 4 members (excludes halogenated alkanes) is 2. The van der Waals surface area contributed by atoms with Gasteiger partial charge in [-0.15, -0.1) is 0 Å². The van der Waals surface area contributed by atoms with E-state index in [0.717, 1.165) is 19.4 Å². The van der Waals surface area contributed by atoms with Gasteiger partial charge >= 0.3 is 8.80 Å². The molecular weight excluding hydrogens is 208 g/mol. The average Bonchev–Trinajstić information content (AvgIpc) is 2.29. The molecular formula is C11H26O3Si. The Morgan fingerprint density at radius 3 is 2.07 bits per heavy atom. The van der Waals surface area contributed by atoms with Crippen molar-refractivity contribution < 1.29 is 13.3 Å². The molecule has 0 aliphatic heterocycles. The maximum absolute atomic E-state index is 5.88. The topological polar surface area (TPSA) is 27.7 Å². The minimum Gasteiger partial charge on any atom is -0.377 e. The van der Waals surface area contributed by atoms with E-state index in [2.05, 4.69) is 20.8 Å². The molecule has 15 heavy (non-hydrogen) atoms. The monoisotopic (exact) mass is 234 g/mol. The first-order chi connectivity index (χ1) is 7.16. The van der Waals surface area contributed by atoms with E-state index in [1.165, 1.54) is 12.8 Å². The van der Waals surface area contributed by atoms with Crippen LogP contribution in [0.2, 0.25) is 5.54 Å². The second-order valence-corrected chi connectivity index (χ2v) is 7.17. The highest BCUT2D eigenvalue weighted by Crippen LogP contribution is 2.27. The summed E-state index contributed by atoms with van der Waals surface area (Å²) in [6.07, 6.45) is 4.54. The molecule has 0 aliphatic carbocycles. The van der Waals surface area contributed by atoms with E-state index in [1.807, 2.05) is 0 Å². The first-order valence-electron chi connectivity index (χ1n) is 5.91. The molecule has 0 aromatic rings. The van der Waals surface area contributed by atoms with Crippen LogP contribution in [-0.4, -0.2) is 29.6 Å². The molecule has 0 heterocycles. The van der Waals surface area contributed by atoms with Gasteiger partial charge in [-0.3, -0.25) is 0 Å². The fraction of sp³-hybridized carbons (Fsp3) is 1.00. The maximum Gasteiger partial charge on any atom is 0.503 e. The van der Waals surface area contributed by atoms with Crippen LogP contribution < -0.4 is 0 Å². The summed E-state index contributed by atoms with van der Waals surface area (Å²) >= 11 is 0. The molecule has 0 radical (unpaired) electrons. The Bertz CT molecular complexity index is 149. The Kier molecular flexibility index (Phi) is 8.33. The third-order valence-electron chi connectivity index (χ3n) is 2.84. The van der Waals surface area contributed by atoms with Gasteiger partial charge in [0.2, 0.25) is 0 Å². The van der Waals surface area contributed by atoms with Crippen molar-refractivity contribution >= 4 is 8.80 Å². The fourth-order valence-electron chi connectivity index (χ4n) is 1.56.